The average molecular weight is 158 g/mol. The number of carbonyl (C=O) groups is 1. The van der Waals surface area contributed by atoms with Gasteiger partial charge in [-0.3, -0.25) is 4.79 Å². The zero-order valence-corrected chi connectivity index (χ0v) is 7.85. The molecule has 0 aromatic heterocycles. The van der Waals surface area contributed by atoms with Crippen LogP contribution in [0.5, 0.6) is 0 Å². The van der Waals surface area contributed by atoms with Crippen LogP contribution in [0.4, 0.5) is 0 Å². The van der Waals surface area contributed by atoms with Crippen LogP contribution in [0.2, 0.25) is 0 Å². The Labute approximate surface area is 68.6 Å². The Balaban J connectivity index is 4.01. The summed E-state index contributed by atoms with van der Waals surface area (Å²) in [5, 5.41) is 8.54. The van der Waals surface area contributed by atoms with Crippen molar-refractivity contribution in [3.63, 3.8) is 0 Å². The third-order valence-electron chi connectivity index (χ3n) is 2.73. The van der Waals surface area contributed by atoms with Crippen LogP contribution in [0.1, 0.15) is 40.5 Å². The zero-order valence-electron chi connectivity index (χ0n) is 7.85. The molecule has 0 amide bonds. The van der Waals surface area contributed by atoms with E-state index in [9.17, 15) is 4.79 Å². The quantitative estimate of drug-likeness (QED) is 0.682. The summed E-state index contributed by atoms with van der Waals surface area (Å²) in [6.45, 7) is 8.32. The van der Waals surface area contributed by atoms with E-state index in [2.05, 4.69) is 20.8 Å². The number of carboxylic acid groups (broad SMARTS) is 1. The highest BCUT2D eigenvalue weighted by Gasteiger charge is 2.25. The molecule has 11 heavy (non-hydrogen) atoms. The van der Waals surface area contributed by atoms with Crippen LogP contribution in [0, 0.1) is 11.3 Å². The second-order valence-electron chi connectivity index (χ2n) is 3.84. The van der Waals surface area contributed by atoms with Crippen LogP contribution in [0.25, 0.3) is 0 Å². The van der Waals surface area contributed by atoms with Crippen LogP contribution in [-0.4, -0.2) is 11.1 Å². The van der Waals surface area contributed by atoms with Gasteiger partial charge < -0.3 is 5.11 Å². The Kier molecular flexibility index (Phi) is 3.56. The minimum absolute atomic E-state index is 0.151. The molecule has 0 aromatic rings. The topological polar surface area (TPSA) is 37.3 Å². The van der Waals surface area contributed by atoms with Crippen molar-refractivity contribution in [1.82, 2.24) is 0 Å². The van der Waals surface area contributed by atoms with Crippen molar-refractivity contribution >= 4 is 5.97 Å². The smallest absolute Gasteiger partial charge is 0.303 e. The summed E-state index contributed by atoms with van der Waals surface area (Å²) in [4.78, 5) is 10.4. The fourth-order valence-electron chi connectivity index (χ4n) is 0.887. The van der Waals surface area contributed by atoms with Crippen molar-refractivity contribution in [1.29, 1.82) is 0 Å². The lowest BCUT2D eigenvalue weighted by molar-refractivity contribution is -0.138. The Morgan fingerprint density at radius 1 is 1.55 bits per heavy atom. The zero-order chi connectivity index (χ0) is 9.07. The van der Waals surface area contributed by atoms with E-state index in [-0.39, 0.29) is 17.8 Å². The Bertz CT molecular complexity index is 138. The maximum atomic E-state index is 10.4. The summed E-state index contributed by atoms with van der Waals surface area (Å²) in [6, 6.07) is 0. The largest absolute Gasteiger partial charge is 0.481 e. The molecule has 2 nitrogen and oxygen atoms in total. The molecule has 1 atom stereocenters. The highest BCUT2D eigenvalue weighted by Crippen LogP contribution is 2.32. The summed E-state index contributed by atoms with van der Waals surface area (Å²) in [7, 11) is 0. The van der Waals surface area contributed by atoms with Crippen LogP contribution in [-0.2, 0) is 4.79 Å². The molecule has 0 aliphatic carbocycles. The van der Waals surface area contributed by atoms with Gasteiger partial charge in [-0.2, -0.15) is 0 Å². The van der Waals surface area contributed by atoms with E-state index < -0.39 is 5.97 Å². The van der Waals surface area contributed by atoms with Gasteiger partial charge in [-0.05, 0) is 11.3 Å². The minimum Gasteiger partial charge on any atom is -0.481 e. The van der Waals surface area contributed by atoms with Gasteiger partial charge in [0.2, 0.25) is 0 Å². The van der Waals surface area contributed by atoms with Gasteiger partial charge in [0.25, 0.3) is 0 Å². The number of hydrogen-bond acceptors (Lipinski definition) is 1. The van der Waals surface area contributed by atoms with Crippen LogP contribution in [0.15, 0.2) is 0 Å². The van der Waals surface area contributed by atoms with Gasteiger partial charge in [-0.25, -0.2) is 0 Å². The Morgan fingerprint density at radius 2 is 2.00 bits per heavy atom. The molecule has 0 rings (SSSR count). The third kappa shape index (κ3) is 3.40. The summed E-state index contributed by atoms with van der Waals surface area (Å²) in [5.41, 5.74) is 0.151. The van der Waals surface area contributed by atoms with Gasteiger partial charge in [0.05, 0.1) is 0 Å². The van der Waals surface area contributed by atoms with Crippen molar-refractivity contribution in [3.05, 3.63) is 0 Å². The lowest BCUT2D eigenvalue weighted by Crippen LogP contribution is -2.22. The van der Waals surface area contributed by atoms with Gasteiger partial charge in [-0.15, -0.1) is 0 Å². The molecule has 0 aliphatic rings. The van der Waals surface area contributed by atoms with Crippen molar-refractivity contribution in [2.45, 2.75) is 40.5 Å². The molecule has 66 valence electrons. The van der Waals surface area contributed by atoms with Gasteiger partial charge in [0.1, 0.15) is 0 Å². The molecule has 0 aliphatic heterocycles. The molecule has 0 aromatic carbocycles. The van der Waals surface area contributed by atoms with E-state index in [0.29, 0.717) is 0 Å². The molecule has 1 unspecified atom stereocenters. The molecular weight excluding hydrogens is 140 g/mol. The first-order valence-corrected chi connectivity index (χ1v) is 4.12. The van der Waals surface area contributed by atoms with E-state index in [1.54, 1.807) is 0 Å². The number of hydrogen-bond donors (Lipinski definition) is 1. The number of carboxylic acids is 1. The first-order valence-electron chi connectivity index (χ1n) is 4.12. The van der Waals surface area contributed by atoms with Crippen LogP contribution < -0.4 is 0 Å². The van der Waals surface area contributed by atoms with Crippen molar-refractivity contribution in [2.75, 3.05) is 0 Å². The van der Waals surface area contributed by atoms with Gasteiger partial charge in [-0.1, -0.05) is 34.1 Å². The van der Waals surface area contributed by atoms with E-state index in [0.717, 1.165) is 6.42 Å². The highest BCUT2D eigenvalue weighted by molar-refractivity contribution is 5.67. The molecule has 0 saturated carbocycles. The molecule has 0 fully saturated rings. The minimum atomic E-state index is -0.695. The maximum absolute atomic E-state index is 10.4. The lowest BCUT2D eigenvalue weighted by Gasteiger charge is -2.29. The van der Waals surface area contributed by atoms with E-state index in [1.807, 2.05) is 6.92 Å². The summed E-state index contributed by atoms with van der Waals surface area (Å²) in [5.74, 6) is -0.441. The fraction of sp³-hybridized carbons (Fsp3) is 0.889. The second-order valence-corrected chi connectivity index (χ2v) is 3.84. The van der Waals surface area contributed by atoms with E-state index in [4.69, 9.17) is 5.11 Å². The summed E-state index contributed by atoms with van der Waals surface area (Å²) < 4.78 is 0. The molecule has 0 radical (unpaired) electrons. The predicted molar refractivity (Wildman–Crippen MR) is 45.5 cm³/mol. The highest BCUT2D eigenvalue weighted by atomic mass is 16.4. The second kappa shape index (κ2) is 3.74. The Morgan fingerprint density at radius 3 is 2.27 bits per heavy atom. The first-order chi connectivity index (χ1) is 4.90. The standard InChI is InChI=1S/C9H18O2/c1-5-9(3,4)7(2)6-8(10)11/h7H,5-6H2,1-4H3,(H,10,11). The molecule has 1 N–H and O–H groups in total. The molecule has 0 bridgehead atoms. The Hall–Kier alpha value is -0.530. The average Bonchev–Trinajstić information content (AvgIpc) is 1.86. The predicted octanol–water partition coefficient (Wildman–Crippen LogP) is 2.53. The molecule has 0 spiro atoms. The monoisotopic (exact) mass is 158 g/mol. The number of aliphatic carboxylic acids is 1. The lowest BCUT2D eigenvalue weighted by atomic mass is 9.76. The molecule has 2 heteroatoms. The fourth-order valence-corrected chi connectivity index (χ4v) is 0.887. The molecule has 0 heterocycles. The van der Waals surface area contributed by atoms with Crippen LogP contribution >= 0.6 is 0 Å². The molecule has 0 saturated heterocycles. The SMILES string of the molecule is CCC(C)(C)C(C)CC(=O)O. The van der Waals surface area contributed by atoms with Gasteiger partial charge in [0, 0.05) is 6.42 Å². The van der Waals surface area contributed by atoms with Crippen molar-refractivity contribution < 1.29 is 9.90 Å². The maximum Gasteiger partial charge on any atom is 0.303 e. The summed E-state index contributed by atoms with van der Waals surface area (Å²) >= 11 is 0. The van der Waals surface area contributed by atoms with Crippen LogP contribution in [0.3, 0.4) is 0 Å². The van der Waals surface area contributed by atoms with Gasteiger partial charge in [0.15, 0.2) is 0 Å². The van der Waals surface area contributed by atoms with E-state index >= 15 is 0 Å². The normalized spacial score (nSPS) is 14.5. The summed E-state index contributed by atoms with van der Waals surface area (Å²) in [6.07, 6.45) is 1.31. The van der Waals surface area contributed by atoms with E-state index in [1.165, 1.54) is 0 Å². The first kappa shape index (κ1) is 10.5. The van der Waals surface area contributed by atoms with Crippen molar-refractivity contribution in [3.8, 4) is 0 Å². The molecular formula is C9H18O2. The number of rotatable bonds is 4. The van der Waals surface area contributed by atoms with Gasteiger partial charge >= 0.3 is 5.97 Å². The third-order valence-corrected chi connectivity index (χ3v) is 2.73. The van der Waals surface area contributed by atoms with Crippen molar-refractivity contribution in [2.24, 2.45) is 11.3 Å².